The van der Waals surface area contributed by atoms with Crippen molar-refractivity contribution < 1.29 is 4.74 Å². The summed E-state index contributed by atoms with van der Waals surface area (Å²) in [5, 5.41) is 0. The Morgan fingerprint density at radius 3 is 1.72 bits per heavy atom. The van der Waals surface area contributed by atoms with Crippen molar-refractivity contribution in [3.05, 3.63) is 54.1 Å². The van der Waals surface area contributed by atoms with E-state index in [9.17, 15) is 0 Å². The third-order valence-corrected chi connectivity index (χ3v) is 2.86. The summed E-state index contributed by atoms with van der Waals surface area (Å²) >= 11 is 0. The maximum Gasteiger partial charge on any atom is 0.118 e. The van der Waals surface area contributed by atoms with Crippen molar-refractivity contribution in [3.8, 4) is 16.9 Å². The molecule has 2 aromatic carbocycles. The van der Waals surface area contributed by atoms with E-state index in [2.05, 4.69) is 36.4 Å². The van der Waals surface area contributed by atoms with Crippen LogP contribution in [0.5, 0.6) is 5.75 Å². The molecular formula is C15H18ClNO. The van der Waals surface area contributed by atoms with Gasteiger partial charge in [-0.2, -0.15) is 0 Å². The monoisotopic (exact) mass is 263 g/mol. The molecule has 0 spiro atoms. The molecule has 0 amide bonds. The van der Waals surface area contributed by atoms with E-state index >= 15 is 0 Å². The van der Waals surface area contributed by atoms with E-state index in [-0.39, 0.29) is 18.4 Å². The lowest BCUT2D eigenvalue weighted by Crippen LogP contribution is -2.04. The molecule has 2 nitrogen and oxygen atoms in total. The van der Waals surface area contributed by atoms with E-state index < -0.39 is 0 Å². The normalized spacial score (nSPS) is 11.5. The fourth-order valence-electron chi connectivity index (χ4n) is 1.76. The lowest BCUT2D eigenvalue weighted by Gasteiger charge is -2.07. The van der Waals surface area contributed by atoms with Crippen LogP contribution in [0.3, 0.4) is 0 Å². The minimum absolute atomic E-state index is 0. The van der Waals surface area contributed by atoms with Crippen LogP contribution in [0.4, 0.5) is 0 Å². The highest BCUT2D eigenvalue weighted by molar-refractivity contribution is 5.85. The SMILES string of the molecule is COc1ccc(-c2ccc([C@@H](C)N)cc2)cc1.Cl. The van der Waals surface area contributed by atoms with Gasteiger partial charge in [-0.1, -0.05) is 36.4 Å². The molecule has 0 radical (unpaired) electrons. The van der Waals surface area contributed by atoms with Gasteiger partial charge in [0.25, 0.3) is 0 Å². The average Bonchev–Trinajstić information content (AvgIpc) is 2.39. The molecular weight excluding hydrogens is 246 g/mol. The number of benzene rings is 2. The molecule has 0 bridgehead atoms. The van der Waals surface area contributed by atoms with Crippen molar-refractivity contribution >= 4 is 12.4 Å². The molecule has 0 saturated heterocycles. The molecule has 0 heterocycles. The first kappa shape index (κ1) is 14.6. The molecule has 0 fully saturated rings. The molecule has 2 N–H and O–H groups in total. The fraction of sp³-hybridized carbons (Fsp3) is 0.200. The molecule has 2 aromatic rings. The molecule has 0 saturated carbocycles. The number of hydrogen-bond donors (Lipinski definition) is 1. The van der Waals surface area contributed by atoms with Crippen molar-refractivity contribution in [2.45, 2.75) is 13.0 Å². The molecule has 0 aliphatic rings. The van der Waals surface area contributed by atoms with E-state index in [4.69, 9.17) is 10.5 Å². The highest BCUT2D eigenvalue weighted by Crippen LogP contribution is 2.23. The number of methoxy groups -OCH3 is 1. The molecule has 18 heavy (non-hydrogen) atoms. The van der Waals surface area contributed by atoms with Crippen LogP contribution in [-0.4, -0.2) is 7.11 Å². The van der Waals surface area contributed by atoms with E-state index in [1.165, 1.54) is 11.1 Å². The predicted octanol–water partition coefficient (Wildman–Crippen LogP) is 3.80. The first-order valence-corrected chi connectivity index (χ1v) is 5.70. The molecule has 0 aliphatic carbocycles. The zero-order valence-corrected chi connectivity index (χ0v) is 11.4. The van der Waals surface area contributed by atoms with Crippen LogP contribution in [0.1, 0.15) is 18.5 Å². The summed E-state index contributed by atoms with van der Waals surface area (Å²) in [5.74, 6) is 0.876. The van der Waals surface area contributed by atoms with Crippen molar-refractivity contribution in [2.24, 2.45) is 5.73 Å². The second-order valence-electron chi connectivity index (χ2n) is 4.14. The van der Waals surface area contributed by atoms with Gasteiger partial charge in [-0.15, -0.1) is 12.4 Å². The van der Waals surface area contributed by atoms with Gasteiger partial charge in [0.2, 0.25) is 0 Å². The zero-order chi connectivity index (χ0) is 12.3. The van der Waals surface area contributed by atoms with E-state index in [0.717, 1.165) is 11.3 Å². The minimum Gasteiger partial charge on any atom is -0.497 e. The van der Waals surface area contributed by atoms with Crippen LogP contribution in [-0.2, 0) is 0 Å². The molecule has 0 unspecified atom stereocenters. The van der Waals surface area contributed by atoms with Crippen LogP contribution in [0.25, 0.3) is 11.1 Å². The molecule has 0 aliphatic heterocycles. The van der Waals surface area contributed by atoms with Gasteiger partial charge in [0.05, 0.1) is 7.11 Å². The quantitative estimate of drug-likeness (QED) is 0.914. The fourth-order valence-corrected chi connectivity index (χ4v) is 1.76. The average molecular weight is 264 g/mol. The number of rotatable bonds is 3. The Balaban J connectivity index is 0.00000162. The third-order valence-electron chi connectivity index (χ3n) is 2.86. The molecule has 3 heteroatoms. The van der Waals surface area contributed by atoms with Gasteiger partial charge in [0, 0.05) is 6.04 Å². The summed E-state index contributed by atoms with van der Waals surface area (Å²) in [6.45, 7) is 1.99. The van der Waals surface area contributed by atoms with Gasteiger partial charge in [0.15, 0.2) is 0 Å². The van der Waals surface area contributed by atoms with E-state index in [1.807, 2.05) is 19.1 Å². The van der Waals surface area contributed by atoms with Gasteiger partial charge in [-0.25, -0.2) is 0 Å². The first-order chi connectivity index (χ1) is 8.20. The van der Waals surface area contributed by atoms with Crippen molar-refractivity contribution in [1.82, 2.24) is 0 Å². The number of ether oxygens (including phenoxy) is 1. The summed E-state index contributed by atoms with van der Waals surface area (Å²) in [6.07, 6.45) is 0. The minimum atomic E-state index is 0. The molecule has 2 rings (SSSR count). The van der Waals surface area contributed by atoms with Crippen LogP contribution >= 0.6 is 12.4 Å². The molecule has 96 valence electrons. The second-order valence-corrected chi connectivity index (χ2v) is 4.14. The largest absolute Gasteiger partial charge is 0.497 e. The Kier molecular flexibility index (Phi) is 5.20. The Bertz CT molecular complexity index is 477. The number of halogens is 1. The molecule has 0 aromatic heterocycles. The van der Waals surface area contributed by atoms with Gasteiger partial charge >= 0.3 is 0 Å². The Morgan fingerprint density at radius 1 is 0.889 bits per heavy atom. The second kappa shape index (κ2) is 6.43. The predicted molar refractivity (Wildman–Crippen MR) is 78.3 cm³/mol. The smallest absolute Gasteiger partial charge is 0.118 e. The van der Waals surface area contributed by atoms with Crippen LogP contribution in [0, 0.1) is 0 Å². The van der Waals surface area contributed by atoms with Gasteiger partial charge in [0.1, 0.15) is 5.75 Å². The molecule has 1 atom stereocenters. The third kappa shape index (κ3) is 3.25. The van der Waals surface area contributed by atoms with Gasteiger partial charge in [-0.3, -0.25) is 0 Å². The summed E-state index contributed by atoms with van der Waals surface area (Å²) in [7, 11) is 1.67. The maximum atomic E-state index is 5.82. The van der Waals surface area contributed by atoms with Crippen molar-refractivity contribution in [1.29, 1.82) is 0 Å². The summed E-state index contributed by atoms with van der Waals surface area (Å²) in [5.41, 5.74) is 9.35. The lowest BCUT2D eigenvalue weighted by molar-refractivity contribution is 0.415. The summed E-state index contributed by atoms with van der Waals surface area (Å²) in [6, 6.07) is 16.5. The summed E-state index contributed by atoms with van der Waals surface area (Å²) in [4.78, 5) is 0. The van der Waals surface area contributed by atoms with E-state index in [0.29, 0.717) is 0 Å². The Hall–Kier alpha value is -1.51. The van der Waals surface area contributed by atoms with Gasteiger partial charge in [-0.05, 0) is 35.7 Å². The topological polar surface area (TPSA) is 35.2 Å². The first-order valence-electron chi connectivity index (χ1n) is 5.70. The number of hydrogen-bond acceptors (Lipinski definition) is 2. The van der Waals surface area contributed by atoms with Crippen molar-refractivity contribution in [3.63, 3.8) is 0 Å². The highest BCUT2D eigenvalue weighted by Gasteiger charge is 2.01. The zero-order valence-electron chi connectivity index (χ0n) is 10.6. The van der Waals surface area contributed by atoms with Crippen LogP contribution < -0.4 is 10.5 Å². The number of nitrogens with two attached hydrogens (primary N) is 1. The highest BCUT2D eigenvalue weighted by atomic mass is 35.5. The van der Waals surface area contributed by atoms with E-state index in [1.54, 1.807) is 7.11 Å². The summed E-state index contributed by atoms with van der Waals surface area (Å²) < 4.78 is 5.14. The van der Waals surface area contributed by atoms with Crippen molar-refractivity contribution in [2.75, 3.05) is 7.11 Å². The Labute approximate surface area is 114 Å². The Morgan fingerprint density at radius 2 is 1.33 bits per heavy atom. The van der Waals surface area contributed by atoms with Gasteiger partial charge < -0.3 is 10.5 Å². The van der Waals surface area contributed by atoms with Crippen LogP contribution in [0.2, 0.25) is 0 Å². The standard InChI is InChI=1S/C15H17NO.ClH/c1-11(16)12-3-5-13(6-4-12)14-7-9-15(17-2)10-8-14;/h3-11H,16H2,1-2H3;1H/t11-;/m1./s1. The van der Waals surface area contributed by atoms with Crippen LogP contribution in [0.15, 0.2) is 48.5 Å². The maximum absolute atomic E-state index is 5.82. The lowest BCUT2D eigenvalue weighted by atomic mass is 10.0.